The zero-order chi connectivity index (χ0) is 13.7. The van der Waals surface area contributed by atoms with Gasteiger partial charge < -0.3 is 19.8 Å². The van der Waals surface area contributed by atoms with Gasteiger partial charge >= 0.3 is 21.7 Å². The molecule has 0 atom stereocenters. The van der Waals surface area contributed by atoms with Gasteiger partial charge in [0.15, 0.2) is 0 Å². The third-order valence-electron chi connectivity index (χ3n) is 4.04. The zero-order valence-corrected chi connectivity index (χ0v) is 17.3. The summed E-state index contributed by atoms with van der Waals surface area (Å²) >= 11 is 0. The Morgan fingerprint density at radius 1 is 0.810 bits per heavy atom. The third-order valence-corrected chi connectivity index (χ3v) is 4.04. The smallest absolute Gasteiger partial charge is 0.358 e. The van der Waals surface area contributed by atoms with Gasteiger partial charge in [-0.15, -0.1) is 0 Å². The molecule has 0 spiro atoms. The van der Waals surface area contributed by atoms with E-state index < -0.39 is 0 Å². The molecule has 0 fully saturated rings. The molecule has 1 rings (SSSR count). The fourth-order valence-electron chi connectivity index (χ4n) is 3.25. The minimum Gasteiger partial charge on any atom is -0.358 e. The fraction of sp³-hybridized carbons (Fsp3) is 0.632. The average Bonchev–Trinajstić information content (AvgIpc) is 2.67. The maximum Gasteiger partial charge on any atom is 3.00 e. The molecular formula is C19H36NTi. The van der Waals surface area contributed by atoms with Crippen LogP contribution in [0.25, 0.3) is 0 Å². The van der Waals surface area contributed by atoms with Crippen LogP contribution in [0, 0.1) is 14.9 Å². The molecule has 0 bridgehead atoms. The minimum atomic E-state index is 0. The van der Waals surface area contributed by atoms with Crippen molar-refractivity contribution in [2.75, 3.05) is 20.6 Å². The maximum atomic E-state index is 2.31. The SMILES string of the molecule is CCc1c(CC)c(CCN(C)C)[c-](CC)c1CC.[CH3-].[CH3-].[Ti+3]. The van der Waals surface area contributed by atoms with Crippen LogP contribution >= 0.6 is 0 Å². The van der Waals surface area contributed by atoms with Gasteiger partial charge in [0.25, 0.3) is 0 Å². The van der Waals surface area contributed by atoms with Crippen molar-refractivity contribution in [3.05, 3.63) is 42.7 Å². The molecule has 0 aromatic heterocycles. The van der Waals surface area contributed by atoms with E-state index in [-0.39, 0.29) is 36.6 Å². The van der Waals surface area contributed by atoms with Crippen molar-refractivity contribution >= 4 is 0 Å². The molecule has 0 aliphatic rings. The second kappa shape index (κ2) is 12.6. The second-order valence-electron chi connectivity index (χ2n) is 5.36. The van der Waals surface area contributed by atoms with Gasteiger partial charge in [0.05, 0.1) is 0 Å². The molecule has 121 valence electrons. The van der Waals surface area contributed by atoms with Crippen LogP contribution < -0.4 is 0 Å². The number of hydrogen-bond donors (Lipinski definition) is 0. The van der Waals surface area contributed by atoms with Gasteiger partial charge in [0.2, 0.25) is 0 Å². The van der Waals surface area contributed by atoms with Crippen molar-refractivity contribution in [2.45, 2.75) is 59.8 Å². The summed E-state index contributed by atoms with van der Waals surface area (Å²) in [4.78, 5) is 2.29. The van der Waals surface area contributed by atoms with Gasteiger partial charge in [-0.05, 0) is 27.1 Å². The number of likely N-dealkylation sites (N-methyl/N-ethyl adjacent to an activating group) is 1. The Morgan fingerprint density at radius 2 is 1.29 bits per heavy atom. The first-order chi connectivity index (χ1) is 8.60. The molecule has 1 aromatic rings. The van der Waals surface area contributed by atoms with Gasteiger partial charge in [-0.1, -0.05) is 53.4 Å². The van der Waals surface area contributed by atoms with Gasteiger partial charge in [0.1, 0.15) is 0 Å². The van der Waals surface area contributed by atoms with Crippen LogP contribution in [0.5, 0.6) is 0 Å². The van der Waals surface area contributed by atoms with Crippen LogP contribution in [0.2, 0.25) is 0 Å². The summed E-state index contributed by atoms with van der Waals surface area (Å²) in [5, 5.41) is 0. The van der Waals surface area contributed by atoms with E-state index in [0.717, 1.165) is 6.54 Å². The first-order valence-electron chi connectivity index (χ1n) is 7.56. The van der Waals surface area contributed by atoms with Crippen molar-refractivity contribution in [1.29, 1.82) is 0 Å². The standard InChI is InChI=1S/C17H30N.2CH3.Ti/c1-7-13-14(8-2)16(10-4)17(15(13)9-3)11-12-18(5)6;;;/h7-12H2,1-6H3;2*1H3;/q3*-1;+3. The van der Waals surface area contributed by atoms with Gasteiger partial charge in [0, 0.05) is 0 Å². The van der Waals surface area contributed by atoms with Crippen molar-refractivity contribution in [3.63, 3.8) is 0 Å². The van der Waals surface area contributed by atoms with Crippen LogP contribution in [0.1, 0.15) is 55.5 Å². The molecule has 21 heavy (non-hydrogen) atoms. The summed E-state index contributed by atoms with van der Waals surface area (Å²) < 4.78 is 0. The Morgan fingerprint density at radius 3 is 1.62 bits per heavy atom. The molecule has 0 saturated heterocycles. The van der Waals surface area contributed by atoms with E-state index in [9.17, 15) is 0 Å². The fourth-order valence-corrected chi connectivity index (χ4v) is 3.25. The molecule has 0 aliphatic carbocycles. The van der Waals surface area contributed by atoms with Crippen molar-refractivity contribution < 1.29 is 21.7 Å². The van der Waals surface area contributed by atoms with Crippen LogP contribution in [0.4, 0.5) is 0 Å². The Hall–Kier alpha value is 0.0243. The number of rotatable bonds is 7. The average molecular weight is 326 g/mol. The predicted octanol–water partition coefficient (Wildman–Crippen LogP) is 4.66. The van der Waals surface area contributed by atoms with Crippen molar-refractivity contribution in [2.24, 2.45) is 0 Å². The summed E-state index contributed by atoms with van der Waals surface area (Å²) in [7, 11) is 4.34. The van der Waals surface area contributed by atoms with E-state index in [1.54, 1.807) is 27.8 Å². The van der Waals surface area contributed by atoms with E-state index in [0.29, 0.717) is 0 Å². The predicted molar refractivity (Wildman–Crippen MR) is 94.6 cm³/mol. The molecule has 1 aromatic carbocycles. The Bertz CT molecular complexity index is 348. The van der Waals surface area contributed by atoms with E-state index in [2.05, 4.69) is 46.7 Å². The number of nitrogens with zero attached hydrogens (tertiary/aromatic N) is 1. The topological polar surface area (TPSA) is 3.24 Å². The normalized spacial score (nSPS) is 9.86. The van der Waals surface area contributed by atoms with Crippen LogP contribution in [-0.4, -0.2) is 25.5 Å². The van der Waals surface area contributed by atoms with Crippen LogP contribution in [0.3, 0.4) is 0 Å². The van der Waals surface area contributed by atoms with Crippen LogP contribution in [0.15, 0.2) is 0 Å². The van der Waals surface area contributed by atoms with E-state index >= 15 is 0 Å². The second-order valence-corrected chi connectivity index (χ2v) is 5.36. The van der Waals surface area contributed by atoms with Gasteiger partial charge in [-0.2, -0.15) is 27.8 Å². The van der Waals surface area contributed by atoms with Gasteiger partial charge in [-0.25, -0.2) is 0 Å². The third kappa shape index (κ3) is 5.96. The summed E-state index contributed by atoms with van der Waals surface area (Å²) in [6.45, 7) is 10.4. The summed E-state index contributed by atoms with van der Waals surface area (Å²) in [5.74, 6) is 0. The molecule has 0 heterocycles. The Balaban J connectivity index is -0.00000108. The van der Waals surface area contributed by atoms with E-state index in [4.69, 9.17) is 0 Å². The molecule has 1 nitrogen and oxygen atoms in total. The monoisotopic (exact) mass is 326 g/mol. The summed E-state index contributed by atoms with van der Waals surface area (Å²) in [5.41, 5.74) is 8.31. The van der Waals surface area contributed by atoms with Gasteiger partial charge in [-0.3, -0.25) is 0 Å². The Labute approximate surface area is 149 Å². The largest absolute Gasteiger partial charge is 3.00 e. The summed E-state index contributed by atoms with van der Waals surface area (Å²) in [6.07, 6.45) is 5.99. The number of hydrogen-bond acceptors (Lipinski definition) is 1. The molecular weight excluding hydrogens is 290 g/mol. The molecule has 2 heteroatoms. The maximum absolute atomic E-state index is 2.31. The molecule has 1 radical (unpaired) electrons. The van der Waals surface area contributed by atoms with Crippen molar-refractivity contribution in [1.82, 2.24) is 4.90 Å². The molecule has 0 saturated carbocycles. The van der Waals surface area contributed by atoms with Crippen molar-refractivity contribution in [3.8, 4) is 0 Å². The molecule has 0 N–H and O–H groups in total. The molecule has 0 unspecified atom stereocenters. The van der Waals surface area contributed by atoms with E-state index in [1.807, 2.05) is 0 Å². The summed E-state index contributed by atoms with van der Waals surface area (Å²) in [6, 6.07) is 0. The van der Waals surface area contributed by atoms with E-state index in [1.165, 1.54) is 32.1 Å². The quantitative estimate of drug-likeness (QED) is 0.520. The Kier molecular flexibility index (Phi) is 15.5. The minimum absolute atomic E-state index is 0. The first kappa shape index (κ1) is 25.9. The zero-order valence-electron chi connectivity index (χ0n) is 15.7. The molecule has 0 amide bonds. The first-order valence-corrected chi connectivity index (χ1v) is 7.56. The molecule has 0 aliphatic heterocycles. The van der Waals surface area contributed by atoms with Crippen LogP contribution in [-0.2, 0) is 53.8 Å².